The van der Waals surface area contributed by atoms with E-state index in [0.717, 1.165) is 12.8 Å². The Hall–Kier alpha value is -3.22. The predicted molar refractivity (Wildman–Crippen MR) is 92.4 cm³/mol. The van der Waals surface area contributed by atoms with Crippen LogP contribution in [0.5, 0.6) is 0 Å². The molecule has 2 amide bonds. The lowest BCUT2D eigenvalue weighted by Crippen LogP contribution is -2.27. The molecule has 1 aliphatic rings. The zero-order valence-electron chi connectivity index (χ0n) is 13.4. The first kappa shape index (κ1) is 16.6. The van der Waals surface area contributed by atoms with Gasteiger partial charge in [0.15, 0.2) is 0 Å². The molecule has 0 radical (unpaired) electrons. The molecule has 3 rings (SSSR count). The van der Waals surface area contributed by atoms with Gasteiger partial charge in [-0.05, 0) is 30.5 Å². The molecule has 0 aliphatic heterocycles. The summed E-state index contributed by atoms with van der Waals surface area (Å²) in [6.45, 7) is 0. The van der Waals surface area contributed by atoms with Gasteiger partial charge in [0.1, 0.15) is 0 Å². The van der Waals surface area contributed by atoms with Gasteiger partial charge in [0.2, 0.25) is 5.91 Å². The number of hydrogen-bond acceptors (Lipinski definition) is 4. The van der Waals surface area contributed by atoms with Gasteiger partial charge >= 0.3 is 0 Å². The molecule has 1 saturated carbocycles. The summed E-state index contributed by atoms with van der Waals surface area (Å²) in [5.41, 5.74) is 1.51. The molecule has 0 bridgehead atoms. The number of nitrogens with one attached hydrogen (secondary N) is 2. The van der Waals surface area contributed by atoms with E-state index in [0.29, 0.717) is 16.8 Å². The lowest BCUT2D eigenvalue weighted by Gasteiger charge is -2.11. The summed E-state index contributed by atoms with van der Waals surface area (Å²) < 4.78 is 0. The van der Waals surface area contributed by atoms with E-state index in [9.17, 15) is 19.7 Å². The van der Waals surface area contributed by atoms with E-state index in [1.54, 1.807) is 36.4 Å². The van der Waals surface area contributed by atoms with Gasteiger partial charge in [0.05, 0.1) is 22.6 Å². The highest BCUT2D eigenvalue weighted by molar-refractivity contribution is 6.04. The normalized spacial score (nSPS) is 13.1. The fraction of sp³-hybridized carbons (Fsp3) is 0.222. The number of nitrogens with zero attached hydrogens (tertiary/aromatic N) is 1. The maximum Gasteiger partial charge on any atom is 0.269 e. The third-order valence-corrected chi connectivity index (χ3v) is 3.87. The molecule has 0 spiro atoms. The summed E-state index contributed by atoms with van der Waals surface area (Å²) in [5, 5.41) is 16.3. The minimum atomic E-state index is -0.488. The molecule has 2 aromatic rings. The van der Waals surface area contributed by atoms with E-state index < -0.39 is 4.92 Å². The third-order valence-electron chi connectivity index (χ3n) is 3.87. The molecular formula is C18H17N3O4. The molecule has 2 N–H and O–H groups in total. The van der Waals surface area contributed by atoms with Crippen molar-refractivity contribution in [3.05, 3.63) is 69.8 Å². The zero-order valence-corrected chi connectivity index (χ0v) is 13.4. The number of para-hydroxylation sites is 1. The van der Waals surface area contributed by atoms with Crippen LogP contribution in [0.25, 0.3) is 0 Å². The van der Waals surface area contributed by atoms with E-state index >= 15 is 0 Å². The maximum atomic E-state index is 12.2. The standard InChI is InChI=1S/C18H17N3O4/c22-17(11-12-5-9-14(10-6-12)21(24)25)20-16-4-2-1-3-15(16)18(23)19-13-7-8-13/h1-6,9-10,13H,7-8,11H2,(H,19,23)(H,20,22). The van der Waals surface area contributed by atoms with Gasteiger partial charge in [-0.3, -0.25) is 19.7 Å². The van der Waals surface area contributed by atoms with Crippen molar-refractivity contribution >= 4 is 23.2 Å². The number of carbonyl (C=O) groups is 2. The summed E-state index contributed by atoms with van der Waals surface area (Å²) in [6.07, 6.45) is 2.04. The largest absolute Gasteiger partial charge is 0.349 e. The van der Waals surface area contributed by atoms with Crippen LogP contribution in [-0.2, 0) is 11.2 Å². The van der Waals surface area contributed by atoms with Crippen molar-refractivity contribution in [1.82, 2.24) is 5.32 Å². The van der Waals surface area contributed by atoms with Crippen LogP contribution in [0, 0.1) is 10.1 Å². The average Bonchev–Trinajstić information content (AvgIpc) is 3.39. The number of non-ortho nitro benzene ring substituents is 1. The number of nitro benzene ring substituents is 1. The quantitative estimate of drug-likeness (QED) is 0.624. The second kappa shape index (κ2) is 7.12. The topological polar surface area (TPSA) is 101 Å². The summed E-state index contributed by atoms with van der Waals surface area (Å²) >= 11 is 0. The Balaban J connectivity index is 1.66. The van der Waals surface area contributed by atoms with Crippen molar-refractivity contribution in [2.24, 2.45) is 0 Å². The van der Waals surface area contributed by atoms with Crippen molar-refractivity contribution < 1.29 is 14.5 Å². The molecule has 1 aliphatic carbocycles. The van der Waals surface area contributed by atoms with Gasteiger partial charge in [-0.2, -0.15) is 0 Å². The molecule has 128 valence electrons. The fourth-order valence-corrected chi connectivity index (χ4v) is 2.40. The van der Waals surface area contributed by atoms with Gasteiger partial charge in [-0.1, -0.05) is 24.3 Å². The van der Waals surface area contributed by atoms with Gasteiger partial charge in [0.25, 0.3) is 11.6 Å². The lowest BCUT2D eigenvalue weighted by molar-refractivity contribution is -0.384. The Morgan fingerprint density at radius 2 is 1.76 bits per heavy atom. The van der Waals surface area contributed by atoms with Gasteiger partial charge < -0.3 is 10.6 Å². The third kappa shape index (κ3) is 4.41. The van der Waals surface area contributed by atoms with Crippen LogP contribution >= 0.6 is 0 Å². The van der Waals surface area contributed by atoms with E-state index in [1.165, 1.54) is 12.1 Å². The molecule has 1 fully saturated rings. The van der Waals surface area contributed by atoms with Crippen molar-refractivity contribution in [2.45, 2.75) is 25.3 Å². The lowest BCUT2D eigenvalue weighted by atomic mass is 10.1. The van der Waals surface area contributed by atoms with E-state index in [-0.39, 0.29) is 30.0 Å². The molecule has 0 unspecified atom stereocenters. The number of rotatable bonds is 6. The van der Waals surface area contributed by atoms with Crippen LogP contribution in [0.2, 0.25) is 0 Å². The summed E-state index contributed by atoms with van der Waals surface area (Å²) in [6, 6.07) is 12.9. The second-order valence-electron chi connectivity index (χ2n) is 5.94. The Kier molecular flexibility index (Phi) is 4.74. The minimum absolute atomic E-state index is 0.0220. The van der Waals surface area contributed by atoms with Crippen LogP contribution < -0.4 is 10.6 Å². The first-order chi connectivity index (χ1) is 12.0. The van der Waals surface area contributed by atoms with Crippen LogP contribution in [0.1, 0.15) is 28.8 Å². The predicted octanol–water partition coefficient (Wildman–Crippen LogP) is 2.67. The molecule has 25 heavy (non-hydrogen) atoms. The first-order valence-electron chi connectivity index (χ1n) is 7.96. The smallest absolute Gasteiger partial charge is 0.269 e. The molecule has 0 atom stereocenters. The van der Waals surface area contributed by atoms with Gasteiger partial charge in [-0.25, -0.2) is 0 Å². The minimum Gasteiger partial charge on any atom is -0.349 e. The number of nitro groups is 1. The van der Waals surface area contributed by atoms with Crippen LogP contribution in [0.15, 0.2) is 48.5 Å². The monoisotopic (exact) mass is 339 g/mol. The first-order valence-corrected chi connectivity index (χ1v) is 7.96. The second-order valence-corrected chi connectivity index (χ2v) is 5.94. The maximum absolute atomic E-state index is 12.2. The van der Waals surface area contributed by atoms with Crippen molar-refractivity contribution in [3.63, 3.8) is 0 Å². The SMILES string of the molecule is O=C(Cc1ccc([N+](=O)[O-])cc1)Nc1ccccc1C(=O)NC1CC1. The van der Waals surface area contributed by atoms with E-state index in [4.69, 9.17) is 0 Å². The highest BCUT2D eigenvalue weighted by Crippen LogP contribution is 2.22. The van der Waals surface area contributed by atoms with Gasteiger partial charge in [0, 0.05) is 18.2 Å². The molecule has 0 saturated heterocycles. The van der Waals surface area contributed by atoms with Crippen LogP contribution in [0.4, 0.5) is 11.4 Å². The highest BCUT2D eigenvalue weighted by atomic mass is 16.6. The number of benzene rings is 2. The zero-order chi connectivity index (χ0) is 17.8. The summed E-state index contributed by atoms with van der Waals surface area (Å²) in [5.74, 6) is -0.491. The summed E-state index contributed by atoms with van der Waals surface area (Å²) in [4.78, 5) is 34.6. The molecule has 2 aromatic carbocycles. The number of amides is 2. The van der Waals surface area contributed by atoms with Crippen LogP contribution in [0.3, 0.4) is 0 Å². The van der Waals surface area contributed by atoms with Crippen LogP contribution in [-0.4, -0.2) is 22.8 Å². The number of carbonyl (C=O) groups excluding carboxylic acids is 2. The summed E-state index contributed by atoms with van der Waals surface area (Å²) in [7, 11) is 0. The average molecular weight is 339 g/mol. The molecule has 0 aromatic heterocycles. The van der Waals surface area contributed by atoms with Gasteiger partial charge in [-0.15, -0.1) is 0 Å². The fourth-order valence-electron chi connectivity index (χ4n) is 2.40. The molecule has 0 heterocycles. The van der Waals surface area contributed by atoms with Crippen molar-refractivity contribution in [3.8, 4) is 0 Å². The highest BCUT2D eigenvalue weighted by Gasteiger charge is 2.25. The Morgan fingerprint density at radius 3 is 2.40 bits per heavy atom. The Bertz CT molecular complexity index is 813. The molecule has 7 heteroatoms. The van der Waals surface area contributed by atoms with E-state index in [1.807, 2.05) is 0 Å². The molecular weight excluding hydrogens is 322 g/mol. The Labute approximate surface area is 144 Å². The molecule has 7 nitrogen and oxygen atoms in total. The number of hydrogen-bond donors (Lipinski definition) is 2. The van der Waals surface area contributed by atoms with E-state index in [2.05, 4.69) is 10.6 Å². The van der Waals surface area contributed by atoms with Crippen molar-refractivity contribution in [1.29, 1.82) is 0 Å². The van der Waals surface area contributed by atoms with Crippen molar-refractivity contribution in [2.75, 3.05) is 5.32 Å². The Morgan fingerprint density at radius 1 is 1.08 bits per heavy atom. The number of anilines is 1.